The molecule has 1 aromatic carbocycles. The average molecular weight is 313 g/mol. The van der Waals surface area contributed by atoms with Crippen LogP contribution in [0.2, 0.25) is 0 Å². The van der Waals surface area contributed by atoms with Crippen LogP contribution in [0.1, 0.15) is 16.2 Å². The Bertz CT molecular complexity index is 789. The second kappa shape index (κ2) is 6.73. The maximum atomic E-state index is 12.8. The Morgan fingerprint density at radius 1 is 1.22 bits per heavy atom. The summed E-state index contributed by atoms with van der Waals surface area (Å²) in [6.45, 7) is 0.368. The smallest absolute Gasteiger partial charge is 0.316 e. The van der Waals surface area contributed by atoms with Gasteiger partial charge in [-0.2, -0.15) is 4.98 Å². The van der Waals surface area contributed by atoms with Crippen LogP contribution in [0.5, 0.6) is 0 Å². The Labute approximate surface area is 130 Å². The van der Waals surface area contributed by atoms with E-state index >= 15 is 0 Å². The maximum absolute atomic E-state index is 12.8. The zero-order chi connectivity index (χ0) is 16.1. The first-order valence-electron chi connectivity index (χ1n) is 6.85. The molecule has 116 valence electrons. The molecule has 0 fully saturated rings. The van der Waals surface area contributed by atoms with Crippen LogP contribution in [0.3, 0.4) is 0 Å². The Kier molecular flexibility index (Phi) is 4.32. The Morgan fingerprint density at radius 2 is 2.04 bits per heavy atom. The van der Waals surface area contributed by atoms with E-state index in [-0.39, 0.29) is 17.5 Å². The van der Waals surface area contributed by atoms with Gasteiger partial charge in [-0.3, -0.25) is 9.78 Å². The van der Waals surface area contributed by atoms with Gasteiger partial charge in [0.2, 0.25) is 5.82 Å². The summed E-state index contributed by atoms with van der Waals surface area (Å²) in [5.74, 6) is -0.721. The van der Waals surface area contributed by atoms with Crippen molar-refractivity contribution >= 4 is 5.91 Å². The van der Waals surface area contributed by atoms with Gasteiger partial charge < -0.3 is 9.84 Å². The quantitative estimate of drug-likeness (QED) is 0.769. The van der Waals surface area contributed by atoms with E-state index in [1.165, 1.54) is 30.7 Å². The van der Waals surface area contributed by atoms with E-state index in [0.717, 1.165) is 5.56 Å². The molecule has 3 rings (SSSR count). The Balaban J connectivity index is 1.56. The second-order valence-electron chi connectivity index (χ2n) is 4.65. The van der Waals surface area contributed by atoms with Gasteiger partial charge in [-0.15, -0.1) is 0 Å². The average Bonchev–Trinajstić information content (AvgIpc) is 3.07. The topological polar surface area (TPSA) is 93.8 Å². The number of amides is 1. The van der Waals surface area contributed by atoms with Gasteiger partial charge in [0.15, 0.2) is 0 Å². The number of carbonyl (C=O) groups excluding carboxylic acids is 1. The van der Waals surface area contributed by atoms with Gasteiger partial charge >= 0.3 is 11.8 Å². The number of hydrogen-bond acceptors (Lipinski definition) is 6. The van der Waals surface area contributed by atoms with Crippen LogP contribution in [0.15, 0.2) is 47.4 Å². The fourth-order valence-corrected chi connectivity index (χ4v) is 1.88. The number of aromatic nitrogens is 4. The Hall–Kier alpha value is -3.16. The van der Waals surface area contributed by atoms with Crippen LogP contribution in [0, 0.1) is 5.82 Å². The second-order valence-corrected chi connectivity index (χ2v) is 4.65. The fourth-order valence-electron chi connectivity index (χ4n) is 1.88. The van der Waals surface area contributed by atoms with Crippen LogP contribution in [0.25, 0.3) is 11.5 Å². The summed E-state index contributed by atoms with van der Waals surface area (Å²) in [6, 6.07) is 6.09. The van der Waals surface area contributed by atoms with E-state index in [1.54, 1.807) is 12.1 Å². The van der Waals surface area contributed by atoms with Gasteiger partial charge in [0.25, 0.3) is 0 Å². The highest BCUT2D eigenvalue weighted by Gasteiger charge is 2.16. The van der Waals surface area contributed by atoms with Crippen molar-refractivity contribution in [2.45, 2.75) is 6.42 Å². The predicted octanol–water partition coefficient (Wildman–Crippen LogP) is 1.64. The van der Waals surface area contributed by atoms with Crippen molar-refractivity contribution in [3.63, 3.8) is 0 Å². The summed E-state index contributed by atoms with van der Waals surface area (Å²) < 4.78 is 17.7. The molecule has 0 atom stereocenters. The standard InChI is InChI=1S/C15H12FN5O2/c16-11-3-1-10(2-4-11)5-6-19-14(22)15-20-13(21-23-15)12-9-17-7-8-18-12/h1-4,7-9H,5-6H2,(H,19,22). The summed E-state index contributed by atoms with van der Waals surface area (Å²) in [4.78, 5) is 23.8. The highest BCUT2D eigenvalue weighted by molar-refractivity contribution is 5.89. The van der Waals surface area contributed by atoms with Crippen molar-refractivity contribution in [2.24, 2.45) is 0 Å². The maximum Gasteiger partial charge on any atom is 0.316 e. The van der Waals surface area contributed by atoms with E-state index < -0.39 is 5.91 Å². The number of nitrogens with zero attached hydrogens (tertiary/aromatic N) is 4. The molecule has 1 N–H and O–H groups in total. The van der Waals surface area contributed by atoms with Crippen molar-refractivity contribution < 1.29 is 13.7 Å². The van der Waals surface area contributed by atoms with Crippen molar-refractivity contribution in [2.75, 3.05) is 6.54 Å². The molecule has 2 aromatic heterocycles. The molecule has 0 unspecified atom stereocenters. The highest BCUT2D eigenvalue weighted by atomic mass is 19.1. The number of rotatable bonds is 5. The van der Waals surface area contributed by atoms with Crippen LogP contribution < -0.4 is 5.32 Å². The molecule has 0 radical (unpaired) electrons. The summed E-state index contributed by atoms with van der Waals surface area (Å²) in [7, 11) is 0. The van der Waals surface area contributed by atoms with Gasteiger partial charge in [0.1, 0.15) is 11.5 Å². The molecule has 0 aliphatic rings. The van der Waals surface area contributed by atoms with Crippen LogP contribution in [0.4, 0.5) is 4.39 Å². The van der Waals surface area contributed by atoms with Crippen LogP contribution in [-0.2, 0) is 6.42 Å². The molecule has 0 spiro atoms. The zero-order valence-electron chi connectivity index (χ0n) is 11.9. The van der Waals surface area contributed by atoms with E-state index in [2.05, 4.69) is 25.4 Å². The number of halogens is 1. The van der Waals surface area contributed by atoms with Crippen molar-refractivity contribution in [3.8, 4) is 11.5 Å². The summed E-state index contributed by atoms with van der Waals surface area (Å²) in [6.07, 6.45) is 5.05. The third-order valence-electron chi connectivity index (χ3n) is 3.03. The number of benzene rings is 1. The molecule has 3 aromatic rings. The SMILES string of the molecule is O=C(NCCc1ccc(F)cc1)c1nc(-c2cnccn2)no1. The molecule has 1 amide bonds. The van der Waals surface area contributed by atoms with Gasteiger partial charge in [0, 0.05) is 18.9 Å². The normalized spacial score (nSPS) is 10.5. The third kappa shape index (κ3) is 3.73. The molecule has 2 heterocycles. The summed E-state index contributed by atoms with van der Waals surface area (Å²) in [5, 5.41) is 6.35. The van der Waals surface area contributed by atoms with Crippen molar-refractivity contribution in [1.29, 1.82) is 0 Å². The molecule has 0 saturated carbocycles. The van der Waals surface area contributed by atoms with E-state index in [4.69, 9.17) is 4.52 Å². The van der Waals surface area contributed by atoms with E-state index in [1.807, 2.05) is 0 Å². The number of hydrogen-bond donors (Lipinski definition) is 1. The molecule has 0 bridgehead atoms. The first-order chi connectivity index (χ1) is 11.2. The molecular weight excluding hydrogens is 301 g/mol. The molecule has 0 aliphatic carbocycles. The lowest BCUT2D eigenvalue weighted by atomic mass is 10.1. The minimum Gasteiger partial charge on any atom is -0.347 e. The first kappa shape index (κ1) is 14.8. The largest absolute Gasteiger partial charge is 0.347 e. The summed E-state index contributed by atoms with van der Waals surface area (Å²) >= 11 is 0. The summed E-state index contributed by atoms with van der Waals surface area (Å²) in [5.41, 5.74) is 1.33. The monoisotopic (exact) mass is 313 g/mol. The van der Waals surface area contributed by atoms with Gasteiger partial charge in [0.05, 0.1) is 6.20 Å². The van der Waals surface area contributed by atoms with Gasteiger partial charge in [-0.05, 0) is 24.1 Å². The molecule has 0 aliphatic heterocycles. The van der Waals surface area contributed by atoms with Gasteiger partial charge in [-0.1, -0.05) is 17.3 Å². The molecule has 23 heavy (non-hydrogen) atoms. The number of nitrogens with one attached hydrogen (secondary N) is 1. The zero-order valence-corrected chi connectivity index (χ0v) is 11.9. The molecule has 8 heteroatoms. The van der Waals surface area contributed by atoms with Gasteiger partial charge in [-0.25, -0.2) is 9.37 Å². The van der Waals surface area contributed by atoms with Crippen LogP contribution in [-0.4, -0.2) is 32.6 Å². The van der Waals surface area contributed by atoms with Crippen LogP contribution >= 0.6 is 0 Å². The minimum atomic E-state index is -0.477. The molecule has 7 nitrogen and oxygen atoms in total. The third-order valence-corrected chi connectivity index (χ3v) is 3.03. The lowest BCUT2D eigenvalue weighted by Crippen LogP contribution is -2.26. The fraction of sp³-hybridized carbons (Fsp3) is 0.133. The lowest BCUT2D eigenvalue weighted by molar-refractivity contribution is 0.0910. The first-order valence-corrected chi connectivity index (χ1v) is 6.85. The lowest BCUT2D eigenvalue weighted by Gasteiger charge is -2.02. The highest BCUT2D eigenvalue weighted by Crippen LogP contribution is 2.10. The van der Waals surface area contributed by atoms with E-state index in [0.29, 0.717) is 18.7 Å². The molecular formula is C15H12FN5O2. The van der Waals surface area contributed by atoms with Crippen molar-refractivity contribution in [3.05, 3.63) is 60.1 Å². The molecule has 0 saturated heterocycles. The predicted molar refractivity (Wildman–Crippen MR) is 77.8 cm³/mol. The number of carbonyl (C=O) groups is 1. The minimum absolute atomic E-state index is 0.148. The van der Waals surface area contributed by atoms with E-state index in [9.17, 15) is 9.18 Å². The van der Waals surface area contributed by atoms with Crippen molar-refractivity contribution in [1.82, 2.24) is 25.4 Å². The Morgan fingerprint density at radius 3 is 2.78 bits per heavy atom.